The van der Waals surface area contributed by atoms with Crippen molar-refractivity contribution in [2.24, 2.45) is 0 Å². The van der Waals surface area contributed by atoms with E-state index in [4.69, 9.17) is 23.2 Å². The van der Waals surface area contributed by atoms with Crippen LogP contribution in [0.4, 0.5) is 15.8 Å². The normalized spacial score (nSPS) is 11.5. The Morgan fingerprint density at radius 1 is 0.800 bits per heavy atom. The van der Waals surface area contributed by atoms with Crippen LogP contribution < -0.4 is 10.6 Å². The Labute approximate surface area is 216 Å². The van der Waals surface area contributed by atoms with Gasteiger partial charge in [0.05, 0.1) is 10.7 Å². The molecule has 8 heteroatoms. The molecule has 0 aromatic heterocycles. The fraction of sp³-hybridized carbons (Fsp3) is 0.0370. The minimum Gasteiger partial charge on any atom is -0.323 e. The van der Waals surface area contributed by atoms with Gasteiger partial charge in [-0.3, -0.25) is 9.59 Å². The number of carbonyl (C=O) groups is 2. The second kappa shape index (κ2) is 11.4. The van der Waals surface area contributed by atoms with Gasteiger partial charge >= 0.3 is 0 Å². The molecule has 0 heterocycles. The highest BCUT2D eigenvalue weighted by molar-refractivity contribution is 8.00. The highest BCUT2D eigenvalue weighted by atomic mass is 35.5. The molecule has 2 amide bonds. The van der Waals surface area contributed by atoms with E-state index in [-0.39, 0.29) is 11.8 Å². The quantitative estimate of drug-likeness (QED) is 0.242. The maximum Gasteiger partial charge on any atom is 0.255 e. The topological polar surface area (TPSA) is 58.2 Å². The minimum absolute atomic E-state index is 0.237. The first-order chi connectivity index (χ1) is 16.9. The zero-order chi connectivity index (χ0) is 24.8. The lowest BCUT2D eigenvalue weighted by Crippen LogP contribution is -2.19. The van der Waals surface area contributed by atoms with Crippen LogP contribution in [0.15, 0.2) is 102 Å². The van der Waals surface area contributed by atoms with E-state index in [1.807, 2.05) is 42.5 Å². The third-order valence-electron chi connectivity index (χ3n) is 5.00. The highest BCUT2D eigenvalue weighted by Crippen LogP contribution is 2.37. The van der Waals surface area contributed by atoms with Crippen LogP contribution in [0.25, 0.3) is 0 Å². The van der Waals surface area contributed by atoms with Crippen molar-refractivity contribution in [1.29, 1.82) is 0 Å². The molecule has 0 saturated heterocycles. The summed E-state index contributed by atoms with van der Waals surface area (Å²) in [6.45, 7) is 0. The Bertz CT molecular complexity index is 1330. The monoisotopic (exact) mass is 524 g/mol. The molecule has 1 atom stereocenters. The maximum absolute atomic E-state index is 13.2. The molecule has 0 radical (unpaired) electrons. The molecule has 0 aliphatic carbocycles. The van der Waals surface area contributed by atoms with E-state index in [1.54, 1.807) is 30.3 Å². The van der Waals surface area contributed by atoms with Crippen molar-refractivity contribution in [2.45, 2.75) is 10.1 Å². The van der Waals surface area contributed by atoms with Crippen molar-refractivity contribution in [3.63, 3.8) is 0 Å². The predicted octanol–water partition coefficient (Wildman–Crippen LogP) is 7.86. The molecule has 176 valence electrons. The Balaban J connectivity index is 1.49. The van der Waals surface area contributed by atoms with Crippen molar-refractivity contribution < 1.29 is 14.0 Å². The van der Waals surface area contributed by atoms with Gasteiger partial charge in [0.25, 0.3) is 5.91 Å². The lowest BCUT2D eigenvalue weighted by Gasteiger charge is -2.18. The minimum atomic E-state index is -0.553. The smallest absolute Gasteiger partial charge is 0.255 e. The Morgan fingerprint density at radius 2 is 1.49 bits per heavy atom. The number of anilines is 2. The first-order valence-electron chi connectivity index (χ1n) is 10.5. The van der Waals surface area contributed by atoms with E-state index in [0.717, 1.165) is 10.5 Å². The average molecular weight is 525 g/mol. The standard InChI is InChI=1S/C27H19Cl2FN2O2S/c28-19-8-15-24(23(29)16-19)32-27(34)25(17-4-2-1-3-5-17)35-22-13-11-21(12-14-22)31-26(33)18-6-9-20(30)10-7-18/h1-16,25H,(H,31,33)(H,32,34). The van der Waals surface area contributed by atoms with Gasteiger partial charge in [-0.05, 0) is 72.3 Å². The number of hydrogen-bond donors (Lipinski definition) is 2. The summed E-state index contributed by atoms with van der Waals surface area (Å²) in [7, 11) is 0. The van der Waals surface area contributed by atoms with Crippen molar-refractivity contribution in [2.75, 3.05) is 10.6 Å². The molecule has 2 N–H and O–H groups in total. The van der Waals surface area contributed by atoms with Crippen molar-refractivity contribution in [3.05, 3.63) is 124 Å². The summed E-state index contributed by atoms with van der Waals surface area (Å²) >= 11 is 13.6. The number of rotatable bonds is 7. The summed E-state index contributed by atoms with van der Waals surface area (Å²) in [5, 5.41) is 5.94. The highest BCUT2D eigenvalue weighted by Gasteiger charge is 2.23. The van der Waals surface area contributed by atoms with Crippen LogP contribution in [0.1, 0.15) is 21.2 Å². The first kappa shape index (κ1) is 24.8. The van der Waals surface area contributed by atoms with E-state index in [1.165, 1.54) is 36.0 Å². The third kappa shape index (κ3) is 6.63. The van der Waals surface area contributed by atoms with Crippen molar-refractivity contribution in [1.82, 2.24) is 0 Å². The van der Waals surface area contributed by atoms with Gasteiger partial charge in [-0.25, -0.2) is 4.39 Å². The van der Waals surface area contributed by atoms with Gasteiger partial charge in [0.1, 0.15) is 11.1 Å². The lowest BCUT2D eigenvalue weighted by molar-refractivity contribution is -0.115. The summed E-state index contributed by atoms with van der Waals surface area (Å²) in [5.74, 6) is -0.982. The number of hydrogen-bond acceptors (Lipinski definition) is 3. The molecular weight excluding hydrogens is 506 g/mol. The van der Waals surface area contributed by atoms with Gasteiger partial charge < -0.3 is 10.6 Å². The molecule has 4 nitrogen and oxygen atoms in total. The number of amides is 2. The zero-order valence-electron chi connectivity index (χ0n) is 18.2. The summed E-state index contributed by atoms with van der Waals surface area (Å²) < 4.78 is 13.1. The van der Waals surface area contributed by atoms with Crippen molar-refractivity contribution >= 4 is 58.2 Å². The van der Waals surface area contributed by atoms with E-state index in [2.05, 4.69) is 10.6 Å². The van der Waals surface area contributed by atoms with E-state index < -0.39 is 11.1 Å². The van der Waals surface area contributed by atoms with Crippen LogP contribution in [0.2, 0.25) is 10.0 Å². The largest absolute Gasteiger partial charge is 0.323 e. The Morgan fingerprint density at radius 3 is 2.14 bits per heavy atom. The van der Waals surface area contributed by atoms with Gasteiger partial charge in [-0.15, -0.1) is 11.8 Å². The second-order valence-corrected chi connectivity index (χ2v) is 9.53. The SMILES string of the molecule is O=C(Nc1ccc(SC(C(=O)Nc2ccc(Cl)cc2Cl)c2ccccc2)cc1)c1ccc(F)cc1. The van der Waals surface area contributed by atoms with Crippen LogP contribution in [-0.2, 0) is 4.79 Å². The second-order valence-electron chi connectivity index (χ2n) is 7.51. The molecule has 0 bridgehead atoms. The molecule has 4 aromatic carbocycles. The molecule has 4 aromatic rings. The van der Waals surface area contributed by atoms with Crippen LogP contribution in [-0.4, -0.2) is 11.8 Å². The molecule has 0 aliphatic rings. The molecule has 35 heavy (non-hydrogen) atoms. The molecule has 0 spiro atoms. The van der Waals surface area contributed by atoms with Gasteiger partial charge in [0, 0.05) is 21.2 Å². The molecular formula is C27H19Cl2FN2O2S. The number of benzene rings is 4. The maximum atomic E-state index is 13.2. The number of carbonyl (C=O) groups excluding carboxylic acids is 2. The van der Waals surface area contributed by atoms with Crippen LogP contribution in [0.3, 0.4) is 0 Å². The van der Waals surface area contributed by atoms with Gasteiger partial charge in [-0.1, -0.05) is 53.5 Å². The molecule has 0 saturated carbocycles. The third-order valence-corrected chi connectivity index (χ3v) is 6.82. The summed E-state index contributed by atoms with van der Waals surface area (Å²) in [4.78, 5) is 26.4. The summed E-state index contributed by atoms with van der Waals surface area (Å²) in [6, 6.07) is 26.8. The van der Waals surface area contributed by atoms with Crippen molar-refractivity contribution in [3.8, 4) is 0 Å². The average Bonchev–Trinajstić information content (AvgIpc) is 2.86. The molecule has 4 rings (SSSR count). The van der Waals surface area contributed by atoms with Gasteiger partial charge in [0.2, 0.25) is 5.91 Å². The van der Waals surface area contributed by atoms with E-state index in [9.17, 15) is 14.0 Å². The summed E-state index contributed by atoms with van der Waals surface area (Å²) in [5.41, 5.74) is 2.24. The zero-order valence-corrected chi connectivity index (χ0v) is 20.5. The van der Waals surface area contributed by atoms with Gasteiger partial charge in [0.15, 0.2) is 0 Å². The summed E-state index contributed by atoms with van der Waals surface area (Å²) in [6.07, 6.45) is 0. The fourth-order valence-corrected chi connectivity index (χ4v) is 4.73. The fourth-order valence-electron chi connectivity index (χ4n) is 3.25. The van der Waals surface area contributed by atoms with Crippen LogP contribution in [0.5, 0.6) is 0 Å². The van der Waals surface area contributed by atoms with E-state index >= 15 is 0 Å². The Kier molecular flexibility index (Phi) is 8.08. The Hall–Kier alpha value is -3.32. The molecule has 0 fully saturated rings. The first-order valence-corrected chi connectivity index (χ1v) is 12.2. The van der Waals surface area contributed by atoms with Crippen LogP contribution >= 0.6 is 35.0 Å². The number of nitrogens with one attached hydrogen (secondary N) is 2. The lowest BCUT2D eigenvalue weighted by atomic mass is 10.1. The number of halogens is 3. The van der Waals surface area contributed by atoms with Gasteiger partial charge in [-0.2, -0.15) is 0 Å². The van der Waals surface area contributed by atoms with E-state index in [0.29, 0.717) is 27.0 Å². The number of thioether (sulfide) groups is 1. The molecule has 1 unspecified atom stereocenters. The predicted molar refractivity (Wildman–Crippen MR) is 141 cm³/mol. The van der Waals surface area contributed by atoms with Crippen LogP contribution in [0, 0.1) is 5.82 Å². The molecule has 0 aliphatic heterocycles.